The third-order valence-corrected chi connectivity index (χ3v) is 6.03. The molecule has 0 aliphatic carbocycles. The number of carbonyl (C=O) groups excluding carboxylic acids is 1. The molecule has 1 amide bonds. The maximum Gasteiger partial charge on any atom is 0.253 e. The van der Waals surface area contributed by atoms with Gasteiger partial charge >= 0.3 is 0 Å². The highest BCUT2D eigenvalue weighted by Crippen LogP contribution is 2.27. The van der Waals surface area contributed by atoms with Crippen molar-refractivity contribution in [1.29, 1.82) is 0 Å². The minimum atomic E-state index is -0.00242. The van der Waals surface area contributed by atoms with Crippen LogP contribution >= 0.6 is 23.2 Å². The molecule has 0 N–H and O–H groups in total. The first-order valence-corrected chi connectivity index (χ1v) is 11.1. The van der Waals surface area contributed by atoms with Gasteiger partial charge in [-0.05, 0) is 48.5 Å². The summed E-state index contributed by atoms with van der Waals surface area (Å²) in [5.74, 6) is 1.25. The summed E-state index contributed by atoms with van der Waals surface area (Å²) in [5, 5.41) is 1.25. The maximum absolute atomic E-state index is 13.2. The minimum absolute atomic E-state index is 0.00242. The van der Waals surface area contributed by atoms with E-state index < -0.39 is 0 Å². The second-order valence-corrected chi connectivity index (χ2v) is 8.35. The number of hydrogen-bond donors (Lipinski definition) is 0. The summed E-state index contributed by atoms with van der Waals surface area (Å²) in [6.07, 6.45) is 0. The summed E-state index contributed by atoms with van der Waals surface area (Å²) in [6.45, 7) is 3.04. The van der Waals surface area contributed by atoms with Crippen LogP contribution < -0.4 is 14.4 Å². The first kappa shape index (κ1) is 22.3. The highest BCUT2D eigenvalue weighted by molar-refractivity contribution is 6.32. The van der Waals surface area contributed by atoms with E-state index in [2.05, 4.69) is 4.90 Å². The van der Waals surface area contributed by atoms with Crippen molar-refractivity contribution >= 4 is 34.8 Å². The lowest BCUT2D eigenvalue weighted by Crippen LogP contribution is -2.48. The number of halogens is 2. The molecule has 1 aliphatic heterocycles. The van der Waals surface area contributed by atoms with Gasteiger partial charge in [-0.2, -0.15) is 0 Å². The Labute approximate surface area is 198 Å². The van der Waals surface area contributed by atoms with Crippen molar-refractivity contribution in [3.8, 4) is 11.5 Å². The standard InChI is InChI=1S/C25H24Cl2N2O3/c1-31-23-10-9-18(15-19(23)17-32-24-8-3-2-7-22(24)27)25(30)29-13-11-28(12-14-29)21-6-4-5-20(26)16-21/h2-10,15-16H,11-14,17H2,1H3. The molecule has 1 saturated heterocycles. The molecule has 3 aromatic carbocycles. The number of para-hydroxylation sites is 1. The van der Waals surface area contributed by atoms with Gasteiger partial charge in [-0.15, -0.1) is 0 Å². The van der Waals surface area contributed by atoms with Gasteiger partial charge in [-0.1, -0.05) is 41.4 Å². The molecule has 3 aromatic rings. The Balaban J connectivity index is 1.43. The lowest BCUT2D eigenvalue weighted by atomic mass is 10.1. The van der Waals surface area contributed by atoms with Gasteiger partial charge in [-0.25, -0.2) is 0 Å². The molecule has 7 heteroatoms. The monoisotopic (exact) mass is 470 g/mol. The number of ether oxygens (including phenoxy) is 2. The lowest BCUT2D eigenvalue weighted by molar-refractivity contribution is 0.0746. The van der Waals surface area contributed by atoms with Crippen LogP contribution in [0.2, 0.25) is 10.0 Å². The van der Waals surface area contributed by atoms with Gasteiger partial charge in [0.15, 0.2) is 0 Å². The van der Waals surface area contributed by atoms with Crippen molar-refractivity contribution < 1.29 is 14.3 Å². The first-order chi connectivity index (χ1) is 15.5. The van der Waals surface area contributed by atoms with Gasteiger partial charge in [0.25, 0.3) is 5.91 Å². The number of hydrogen-bond acceptors (Lipinski definition) is 4. The van der Waals surface area contributed by atoms with Gasteiger partial charge in [0.2, 0.25) is 0 Å². The molecule has 0 saturated carbocycles. The van der Waals surface area contributed by atoms with Crippen molar-refractivity contribution in [2.75, 3.05) is 38.2 Å². The van der Waals surface area contributed by atoms with Gasteiger partial charge in [0, 0.05) is 48.0 Å². The Hall–Kier alpha value is -2.89. The molecule has 4 rings (SSSR count). The summed E-state index contributed by atoms with van der Waals surface area (Å²) >= 11 is 12.3. The molecule has 32 heavy (non-hydrogen) atoms. The molecule has 166 valence electrons. The number of methoxy groups -OCH3 is 1. The summed E-state index contributed by atoms with van der Waals surface area (Å²) in [7, 11) is 1.60. The minimum Gasteiger partial charge on any atom is -0.496 e. The topological polar surface area (TPSA) is 42.0 Å². The Bertz CT molecular complexity index is 1100. The average Bonchev–Trinajstić information content (AvgIpc) is 2.83. The molecule has 0 bridgehead atoms. The predicted octanol–water partition coefficient (Wildman–Crippen LogP) is 5.54. The first-order valence-electron chi connectivity index (χ1n) is 10.4. The number of piperazine rings is 1. The Kier molecular flexibility index (Phi) is 7.08. The fourth-order valence-electron chi connectivity index (χ4n) is 3.76. The molecular formula is C25H24Cl2N2O3. The second-order valence-electron chi connectivity index (χ2n) is 7.50. The molecule has 0 radical (unpaired) electrons. The quantitative estimate of drug-likeness (QED) is 0.473. The van der Waals surface area contributed by atoms with Gasteiger partial charge in [0.05, 0.1) is 12.1 Å². The van der Waals surface area contributed by atoms with E-state index in [4.69, 9.17) is 32.7 Å². The molecule has 0 aromatic heterocycles. The molecular weight excluding hydrogens is 447 g/mol. The van der Waals surface area contributed by atoms with Crippen LogP contribution in [0, 0.1) is 0 Å². The average molecular weight is 471 g/mol. The van der Waals surface area contributed by atoms with Gasteiger partial charge in [0.1, 0.15) is 18.1 Å². The Morgan fingerprint density at radius 1 is 0.906 bits per heavy atom. The third-order valence-electron chi connectivity index (χ3n) is 5.49. The third kappa shape index (κ3) is 5.12. The van der Waals surface area contributed by atoms with Crippen LogP contribution in [-0.2, 0) is 6.61 Å². The summed E-state index contributed by atoms with van der Waals surface area (Å²) in [4.78, 5) is 17.3. The molecule has 5 nitrogen and oxygen atoms in total. The van der Waals surface area contributed by atoms with E-state index in [1.165, 1.54) is 0 Å². The van der Waals surface area contributed by atoms with E-state index in [1.54, 1.807) is 25.3 Å². The van der Waals surface area contributed by atoms with Crippen molar-refractivity contribution in [3.05, 3.63) is 87.9 Å². The summed E-state index contributed by atoms with van der Waals surface area (Å²) in [5.41, 5.74) is 2.48. The van der Waals surface area contributed by atoms with Crippen molar-refractivity contribution in [2.24, 2.45) is 0 Å². The molecule has 0 atom stereocenters. The number of carbonyl (C=O) groups is 1. The van der Waals surface area contributed by atoms with Gasteiger partial charge < -0.3 is 19.3 Å². The molecule has 0 unspecified atom stereocenters. The number of anilines is 1. The fraction of sp³-hybridized carbons (Fsp3) is 0.240. The van der Waals surface area contributed by atoms with Crippen molar-refractivity contribution in [2.45, 2.75) is 6.61 Å². The zero-order valence-corrected chi connectivity index (χ0v) is 19.3. The van der Waals surface area contributed by atoms with Crippen molar-refractivity contribution in [3.63, 3.8) is 0 Å². The SMILES string of the molecule is COc1ccc(C(=O)N2CCN(c3cccc(Cl)c3)CC2)cc1COc1ccccc1Cl. The molecule has 1 fully saturated rings. The lowest BCUT2D eigenvalue weighted by Gasteiger charge is -2.36. The Morgan fingerprint density at radius 2 is 1.69 bits per heavy atom. The largest absolute Gasteiger partial charge is 0.496 e. The highest BCUT2D eigenvalue weighted by atomic mass is 35.5. The normalized spacial score (nSPS) is 13.7. The number of amides is 1. The summed E-state index contributed by atoms with van der Waals surface area (Å²) < 4.78 is 11.3. The molecule has 1 aliphatic rings. The van der Waals surface area contributed by atoms with Gasteiger partial charge in [-0.3, -0.25) is 4.79 Å². The molecule has 1 heterocycles. The zero-order valence-electron chi connectivity index (χ0n) is 17.8. The summed E-state index contributed by atoms with van der Waals surface area (Å²) in [6, 6.07) is 20.5. The van der Waals surface area contributed by atoms with Crippen LogP contribution in [0.4, 0.5) is 5.69 Å². The van der Waals surface area contributed by atoms with E-state index in [9.17, 15) is 4.79 Å². The van der Waals surface area contributed by atoms with E-state index in [1.807, 2.05) is 53.4 Å². The second kappa shape index (κ2) is 10.2. The van der Waals surface area contributed by atoms with E-state index in [-0.39, 0.29) is 12.5 Å². The van der Waals surface area contributed by atoms with Crippen LogP contribution in [0.5, 0.6) is 11.5 Å². The number of benzene rings is 3. The maximum atomic E-state index is 13.2. The van der Waals surface area contributed by atoms with E-state index >= 15 is 0 Å². The predicted molar refractivity (Wildman–Crippen MR) is 128 cm³/mol. The highest BCUT2D eigenvalue weighted by Gasteiger charge is 2.23. The number of nitrogens with zero attached hydrogens (tertiary/aromatic N) is 2. The van der Waals surface area contributed by atoms with Crippen molar-refractivity contribution in [1.82, 2.24) is 4.90 Å². The van der Waals surface area contributed by atoms with E-state index in [0.29, 0.717) is 40.2 Å². The van der Waals surface area contributed by atoms with E-state index in [0.717, 1.165) is 24.3 Å². The number of rotatable bonds is 6. The zero-order chi connectivity index (χ0) is 22.5. The van der Waals surface area contributed by atoms with Crippen LogP contribution in [0.15, 0.2) is 66.7 Å². The smallest absolute Gasteiger partial charge is 0.253 e. The molecule has 0 spiro atoms. The van der Waals surface area contributed by atoms with Crippen LogP contribution in [0.1, 0.15) is 15.9 Å². The fourth-order valence-corrected chi connectivity index (χ4v) is 4.14. The van der Waals surface area contributed by atoms with Crippen LogP contribution in [0.25, 0.3) is 0 Å². The Morgan fingerprint density at radius 3 is 2.41 bits per heavy atom. The van der Waals surface area contributed by atoms with Crippen LogP contribution in [-0.4, -0.2) is 44.1 Å². The van der Waals surface area contributed by atoms with Crippen LogP contribution in [0.3, 0.4) is 0 Å².